The molecule has 1 saturated heterocycles. The number of thioether (sulfide) groups is 1. The van der Waals surface area contributed by atoms with Crippen LogP contribution in [0.4, 0.5) is 4.79 Å². The van der Waals surface area contributed by atoms with Crippen molar-refractivity contribution in [1.29, 1.82) is 0 Å². The molecule has 1 aliphatic rings. The van der Waals surface area contributed by atoms with Crippen LogP contribution in [0.1, 0.15) is 5.56 Å². The summed E-state index contributed by atoms with van der Waals surface area (Å²) in [5.41, 5.74) is 0.413. The average molecular weight is 270 g/mol. The number of phenolic OH excluding ortho intramolecular Hbond substituents is 1. The molecule has 0 radical (unpaired) electrons. The maximum absolute atomic E-state index is 11.6. The van der Waals surface area contributed by atoms with Crippen LogP contribution in [0, 0.1) is 0 Å². The molecule has 0 aromatic heterocycles. The van der Waals surface area contributed by atoms with Gasteiger partial charge in [0.1, 0.15) is 5.75 Å². The third-order valence-corrected chi connectivity index (χ3v) is 3.46. The van der Waals surface area contributed by atoms with E-state index >= 15 is 0 Å². The van der Waals surface area contributed by atoms with Gasteiger partial charge >= 0.3 is 0 Å². The summed E-state index contributed by atoms with van der Waals surface area (Å²) in [6, 6.07) is 4.50. The number of likely N-dealkylation sites (N-methyl/N-ethyl adjacent to an activating group) is 1. The first-order valence-corrected chi connectivity index (χ1v) is 5.88. The van der Waals surface area contributed by atoms with Gasteiger partial charge in [-0.2, -0.15) is 0 Å². The van der Waals surface area contributed by atoms with Crippen LogP contribution >= 0.6 is 23.4 Å². The molecule has 0 unspecified atom stereocenters. The van der Waals surface area contributed by atoms with Crippen molar-refractivity contribution in [3.8, 4) is 5.75 Å². The Kier molecular flexibility index (Phi) is 3.13. The fourth-order valence-corrected chi connectivity index (χ4v) is 2.33. The second-order valence-electron chi connectivity index (χ2n) is 3.44. The van der Waals surface area contributed by atoms with Gasteiger partial charge in [0, 0.05) is 17.6 Å². The number of benzene rings is 1. The number of halogens is 1. The van der Waals surface area contributed by atoms with Crippen molar-refractivity contribution >= 4 is 40.6 Å². The molecule has 2 amide bonds. The summed E-state index contributed by atoms with van der Waals surface area (Å²) in [4.78, 5) is 24.2. The summed E-state index contributed by atoms with van der Waals surface area (Å²) in [5, 5.41) is 9.71. The monoisotopic (exact) mass is 269 g/mol. The molecular formula is C11H8ClNO3S. The molecule has 0 bridgehead atoms. The molecule has 88 valence electrons. The zero-order chi connectivity index (χ0) is 12.6. The van der Waals surface area contributed by atoms with Crippen molar-refractivity contribution in [1.82, 2.24) is 4.90 Å². The number of carbonyl (C=O) groups is 2. The maximum atomic E-state index is 11.6. The lowest BCUT2D eigenvalue weighted by Crippen LogP contribution is -2.22. The molecule has 1 aromatic carbocycles. The molecule has 0 saturated carbocycles. The SMILES string of the molecule is CN1C(=O)S/C(=C\c2cc(Cl)ccc2O)C1=O. The first-order chi connectivity index (χ1) is 7.99. The van der Waals surface area contributed by atoms with Gasteiger partial charge in [-0.15, -0.1) is 0 Å². The lowest BCUT2D eigenvalue weighted by molar-refractivity contribution is -0.121. The van der Waals surface area contributed by atoms with Crippen LogP contribution in [0.2, 0.25) is 5.02 Å². The number of phenols is 1. The van der Waals surface area contributed by atoms with E-state index in [1.807, 2.05) is 0 Å². The minimum absolute atomic E-state index is 0.0114. The Morgan fingerprint density at radius 3 is 2.71 bits per heavy atom. The summed E-state index contributed by atoms with van der Waals surface area (Å²) in [7, 11) is 1.41. The van der Waals surface area contributed by atoms with E-state index in [9.17, 15) is 14.7 Å². The van der Waals surface area contributed by atoms with Crippen molar-refractivity contribution in [3.63, 3.8) is 0 Å². The zero-order valence-electron chi connectivity index (χ0n) is 8.81. The second-order valence-corrected chi connectivity index (χ2v) is 4.87. The Bertz CT molecular complexity index is 542. The molecule has 1 N–H and O–H groups in total. The fraction of sp³-hybridized carbons (Fsp3) is 0.0909. The normalized spacial score (nSPS) is 18.2. The summed E-state index contributed by atoms with van der Waals surface area (Å²) < 4.78 is 0. The lowest BCUT2D eigenvalue weighted by atomic mass is 10.2. The molecule has 0 aliphatic carbocycles. The highest BCUT2D eigenvalue weighted by Gasteiger charge is 2.31. The smallest absolute Gasteiger partial charge is 0.293 e. The number of amides is 2. The van der Waals surface area contributed by atoms with Gasteiger partial charge in [-0.3, -0.25) is 14.5 Å². The molecule has 17 heavy (non-hydrogen) atoms. The molecule has 1 aliphatic heterocycles. The largest absolute Gasteiger partial charge is 0.507 e. The number of imide groups is 1. The van der Waals surface area contributed by atoms with Crippen molar-refractivity contribution in [2.75, 3.05) is 7.05 Å². The summed E-state index contributed by atoms with van der Waals surface area (Å²) >= 11 is 6.62. The quantitative estimate of drug-likeness (QED) is 0.797. The average Bonchev–Trinajstić information content (AvgIpc) is 2.52. The van der Waals surface area contributed by atoms with E-state index in [1.165, 1.54) is 25.3 Å². The van der Waals surface area contributed by atoms with Gasteiger partial charge in [-0.25, -0.2) is 0 Å². The highest BCUT2D eigenvalue weighted by molar-refractivity contribution is 8.18. The number of hydrogen-bond acceptors (Lipinski definition) is 4. The number of carbonyl (C=O) groups excluding carboxylic acids is 2. The van der Waals surface area contributed by atoms with Crippen molar-refractivity contribution in [2.24, 2.45) is 0 Å². The molecule has 1 fully saturated rings. The van der Waals surface area contributed by atoms with E-state index in [1.54, 1.807) is 6.07 Å². The van der Waals surface area contributed by atoms with Crippen molar-refractivity contribution in [2.45, 2.75) is 0 Å². The zero-order valence-corrected chi connectivity index (χ0v) is 10.4. The van der Waals surface area contributed by atoms with Gasteiger partial charge in [-0.05, 0) is 36.0 Å². The lowest BCUT2D eigenvalue weighted by Gasteiger charge is -2.02. The molecule has 1 heterocycles. The van der Waals surface area contributed by atoms with Crippen LogP contribution in [0.25, 0.3) is 6.08 Å². The summed E-state index contributed by atoms with van der Waals surface area (Å²) in [5.74, 6) is -0.364. The Morgan fingerprint density at radius 1 is 1.41 bits per heavy atom. The topological polar surface area (TPSA) is 57.6 Å². The Morgan fingerprint density at radius 2 is 2.12 bits per heavy atom. The van der Waals surface area contributed by atoms with Gasteiger partial charge in [0.15, 0.2) is 0 Å². The third kappa shape index (κ3) is 2.30. The van der Waals surface area contributed by atoms with Crippen LogP contribution in [-0.2, 0) is 4.79 Å². The number of nitrogens with zero attached hydrogens (tertiary/aromatic N) is 1. The van der Waals surface area contributed by atoms with Crippen LogP contribution in [0.3, 0.4) is 0 Å². The second kappa shape index (κ2) is 4.43. The standard InChI is InChI=1S/C11H8ClNO3S/c1-13-10(15)9(17-11(13)16)5-6-4-7(12)2-3-8(6)14/h2-5,14H,1H3/b9-5-. The molecule has 2 rings (SSSR count). The minimum atomic E-state index is -0.376. The molecule has 0 spiro atoms. The summed E-state index contributed by atoms with van der Waals surface area (Å²) in [6.45, 7) is 0. The van der Waals surface area contributed by atoms with Gasteiger partial charge < -0.3 is 5.11 Å². The Hall–Kier alpha value is -1.46. The molecule has 4 nitrogen and oxygen atoms in total. The van der Waals surface area contributed by atoms with E-state index in [0.29, 0.717) is 10.6 Å². The van der Waals surface area contributed by atoms with Crippen LogP contribution in [0.15, 0.2) is 23.1 Å². The molecule has 0 atom stereocenters. The van der Waals surface area contributed by atoms with Crippen LogP contribution in [-0.4, -0.2) is 28.2 Å². The first-order valence-electron chi connectivity index (χ1n) is 4.69. The highest BCUT2D eigenvalue weighted by atomic mass is 35.5. The highest BCUT2D eigenvalue weighted by Crippen LogP contribution is 2.33. The molecular weight excluding hydrogens is 262 g/mol. The fourth-order valence-electron chi connectivity index (χ4n) is 1.33. The van der Waals surface area contributed by atoms with E-state index in [2.05, 4.69) is 0 Å². The van der Waals surface area contributed by atoms with Gasteiger partial charge in [0.25, 0.3) is 11.1 Å². The predicted octanol–water partition coefficient (Wildman–Crippen LogP) is 2.71. The van der Waals surface area contributed by atoms with Crippen molar-refractivity contribution in [3.05, 3.63) is 33.7 Å². The van der Waals surface area contributed by atoms with Crippen molar-refractivity contribution < 1.29 is 14.7 Å². The Balaban J connectivity index is 2.40. The number of aromatic hydroxyl groups is 1. The first kappa shape index (κ1) is 12.0. The van der Waals surface area contributed by atoms with E-state index < -0.39 is 0 Å². The maximum Gasteiger partial charge on any atom is 0.293 e. The Labute approximate surface area is 107 Å². The molecule has 6 heteroatoms. The molecule has 1 aromatic rings. The minimum Gasteiger partial charge on any atom is -0.507 e. The van der Waals surface area contributed by atoms with Gasteiger partial charge in [0.05, 0.1) is 4.91 Å². The summed E-state index contributed by atoms with van der Waals surface area (Å²) in [6.07, 6.45) is 1.45. The van der Waals surface area contributed by atoms with E-state index in [0.717, 1.165) is 16.7 Å². The van der Waals surface area contributed by atoms with Crippen LogP contribution in [0.5, 0.6) is 5.75 Å². The predicted molar refractivity (Wildman–Crippen MR) is 66.9 cm³/mol. The van der Waals surface area contributed by atoms with Crippen LogP contribution < -0.4 is 0 Å². The number of hydrogen-bond donors (Lipinski definition) is 1. The van der Waals surface area contributed by atoms with Gasteiger partial charge in [0.2, 0.25) is 0 Å². The van der Waals surface area contributed by atoms with E-state index in [4.69, 9.17) is 11.6 Å². The third-order valence-electron chi connectivity index (χ3n) is 2.26. The van der Waals surface area contributed by atoms with Gasteiger partial charge in [-0.1, -0.05) is 11.6 Å². The number of rotatable bonds is 1. The van der Waals surface area contributed by atoms with E-state index in [-0.39, 0.29) is 21.8 Å².